The molecular formula is C17H19NO3. The summed E-state index contributed by atoms with van der Waals surface area (Å²) in [4.78, 5) is 11.5. The maximum absolute atomic E-state index is 11.5. The number of hydrogen-bond acceptors (Lipinski definition) is 4. The van der Waals surface area contributed by atoms with Gasteiger partial charge >= 0.3 is 0 Å². The Morgan fingerprint density at radius 1 is 1.10 bits per heavy atom. The number of anilines is 1. The smallest absolute Gasteiger partial charge is 0.160 e. The van der Waals surface area contributed by atoms with Crippen molar-refractivity contribution in [1.82, 2.24) is 0 Å². The summed E-state index contributed by atoms with van der Waals surface area (Å²) >= 11 is 0. The lowest BCUT2D eigenvalue weighted by Gasteiger charge is -2.24. The maximum Gasteiger partial charge on any atom is 0.160 e. The number of aliphatic hydroxyl groups is 1. The zero-order valence-corrected chi connectivity index (χ0v) is 12.1. The van der Waals surface area contributed by atoms with Gasteiger partial charge < -0.3 is 15.2 Å². The number of benzene rings is 2. The standard InChI is InChI=1S/C17H19NO3/c1-12(19)17(20)16(13-6-4-3-5-7-13)18-14-8-10-15(21-2)11-9-14/h3-11,16-18,20H,1-2H3/t16-,17-/m0/s1. The molecule has 0 spiro atoms. The minimum Gasteiger partial charge on any atom is -0.497 e. The van der Waals surface area contributed by atoms with Crippen LogP contribution in [0.15, 0.2) is 54.6 Å². The van der Waals surface area contributed by atoms with Crippen LogP contribution in [0.25, 0.3) is 0 Å². The SMILES string of the molecule is COc1ccc(N[C@@H](c2ccccc2)[C@@H](O)C(C)=O)cc1. The first-order chi connectivity index (χ1) is 10.1. The first-order valence-electron chi connectivity index (χ1n) is 6.76. The van der Waals surface area contributed by atoms with E-state index in [1.54, 1.807) is 7.11 Å². The number of methoxy groups -OCH3 is 1. The third-order valence-electron chi connectivity index (χ3n) is 3.30. The number of carbonyl (C=O) groups excluding carboxylic acids is 1. The van der Waals surface area contributed by atoms with Crippen LogP contribution in [0.2, 0.25) is 0 Å². The van der Waals surface area contributed by atoms with Crippen molar-refractivity contribution in [2.24, 2.45) is 0 Å². The van der Waals surface area contributed by atoms with Crippen molar-refractivity contribution in [3.8, 4) is 5.75 Å². The predicted octanol–water partition coefficient (Wildman–Crippen LogP) is 2.80. The van der Waals surface area contributed by atoms with Crippen LogP contribution >= 0.6 is 0 Å². The summed E-state index contributed by atoms with van der Waals surface area (Å²) in [6.45, 7) is 1.39. The van der Waals surface area contributed by atoms with Crippen LogP contribution in [0, 0.1) is 0 Å². The van der Waals surface area contributed by atoms with Crippen molar-refractivity contribution >= 4 is 11.5 Å². The fourth-order valence-corrected chi connectivity index (χ4v) is 2.11. The Labute approximate surface area is 124 Å². The second kappa shape index (κ2) is 6.90. The van der Waals surface area contributed by atoms with Crippen molar-refractivity contribution in [2.45, 2.75) is 19.1 Å². The predicted molar refractivity (Wildman–Crippen MR) is 82.5 cm³/mol. The van der Waals surface area contributed by atoms with Gasteiger partial charge in [-0.2, -0.15) is 0 Å². The second-order valence-corrected chi connectivity index (χ2v) is 4.82. The Kier molecular flexibility index (Phi) is 4.95. The molecule has 21 heavy (non-hydrogen) atoms. The van der Waals surface area contributed by atoms with Crippen molar-refractivity contribution in [2.75, 3.05) is 12.4 Å². The molecule has 2 atom stereocenters. The molecular weight excluding hydrogens is 266 g/mol. The Morgan fingerprint density at radius 3 is 2.24 bits per heavy atom. The van der Waals surface area contributed by atoms with Crippen LogP contribution in [0.5, 0.6) is 5.75 Å². The molecule has 0 saturated heterocycles. The first kappa shape index (κ1) is 15.1. The second-order valence-electron chi connectivity index (χ2n) is 4.82. The van der Waals surface area contributed by atoms with Crippen molar-refractivity contribution in [3.05, 3.63) is 60.2 Å². The van der Waals surface area contributed by atoms with E-state index in [-0.39, 0.29) is 5.78 Å². The summed E-state index contributed by atoms with van der Waals surface area (Å²) in [5.74, 6) is 0.480. The Balaban J connectivity index is 2.25. The number of nitrogens with one attached hydrogen (secondary N) is 1. The molecule has 0 aromatic heterocycles. The summed E-state index contributed by atoms with van der Waals surface area (Å²) in [7, 11) is 1.61. The third kappa shape index (κ3) is 3.83. The third-order valence-corrected chi connectivity index (χ3v) is 3.30. The van der Waals surface area contributed by atoms with E-state index in [1.807, 2.05) is 54.6 Å². The van der Waals surface area contributed by atoms with E-state index >= 15 is 0 Å². The van der Waals surface area contributed by atoms with E-state index in [0.29, 0.717) is 0 Å². The Morgan fingerprint density at radius 2 is 1.71 bits per heavy atom. The summed E-state index contributed by atoms with van der Waals surface area (Å²) in [5.41, 5.74) is 1.67. The molecule has 2 N–H and O–H groups in total. The van der Waals surface area contributed by atoms with Gasteiger partial charge in [0.15, 0.2) is 5.78 Å². The summed E-state index contributed by atoms with van der Waals surface area (Å²) in [6.07, 6.45) is -1.10. The molecule has 0 unspecified atom stereocenters. The molecule has 0 saturated carbocycles. The maximum atomic E-state index is 11.5. The molecule has 0 bridgehead atoms. The summed E-state index contributed by atoms with van der Waals surface area (Å²) in [5, 5.41) is 13.4. The molecule has 2 rings (SSSR count). The van der Waals surface area contributed by atoms with Gasteiger partial charge in [-0.3, -0.25) is 4.79 Å². The topological polar surface area (TPSA) is 58.6 Å². The Bertz CT molecular complexity index is 581. The highest BCUT2D eigenvalue weighted by Gasteiger charge is 2.24. The molecule has 2 aromatic rings. The van der Waals surface area contributed by atoms with Crippen LogP contribution in [0.3, 0.4) is 0 Å². The first-order valence-corrected chi connectivity index (χ1v) is 6.76. The van der Waals surface area contributed by atoms with Gasteiger partial charge in [-0.15, -0.1) is 0 Å². The number of ketones is 1. The lowest BCUT2D eigenvalue weighted by atomic mass is 9.98. The van der Waals surface area contributed by atoms with Crippen LogP contribution in [-0.2, 0) is 4.79 Å². The average Bonchev–Trinajstić information content (AvgIpc) is 2.53. The molecule has 110 valence electrons. The van der Waals surface area contributed by atoms with E-state index in [1.165, 1.54) is 6.92 Å². The van der Waals surface area contributed by atoms with E-state index in [4.69, 9.17) is 4.74 Å². The van der Waals surface area contributed by atoms with Crippen molar-refractivity contribution < 1.29 is 14.6 Å². The molecule has 0 aliphatic carbocycles. The van der Waals surface area contributed by atoms with Gasteiger partial charge in [0, 0.05) is 5.69 Å². The van der Waals surface area contributed by atoms with Crippen LogP contribution in [0.1, 0.15) is 18.5 Å². The van der Waals surface area contributed by atoms with Crippen LogP contribution < -0.4 is 10.1 Å². The highest BCUT2D eigenvalue weighted by Crippen LogP contribution is 2.24. The highest BCUT2D eigenvalue weighted by atomic mass is 16.5. The minimum absolute atomic E-state index is 0.273. The highest BCUT2D eigenvalue weighted by molar-refractivity contribution is 5.81. The molecule has 0 aliphatic heterocycles. The van der Waals surface area contributed by atoms with Gasteiger partial charge in [0.25, 0.3) is 0 Å². The van der Waals surface area contributed by atoms with E-state index < -0.39 is 12.1 Å². The quantitative estimate of drug-likeness (QED) is 0.857. The van der Waals surface area contributed by atoms with Gasteiger partial charge in [-0.1, -0.05) is 30.3 Å². The monoisotopic (exact) mass is 285 g/mol. The zero-order chi connectivity index (χ0) is 15.2. The number of carbonyl (C=O) groups is 1. The minimum atomic E-state index is -1.10. The number of aliphatic hydroxyl groups excluding tert-OH is 1. The van der Waals surface area contributed by atoms with Crippen molar-refractivity contribution in [1.29, 1.82) is 0 Å². The van der Waals surface area contributed by atoms with Gasteiger partial charge in [0.2, 0.25) is 0 Å². The molecule has 0 radical (unpaired) electrons. The molecule has 4 nitrogen and oxygen atoms in total. The van der Waals surface area contributed by atoms with Gasteiger partial charge in [0.05, 0.1) is 13.2 Å². The molecule has 0 aliphatic rings. The number of hydrogen-bond donors (Lipinski definition) is 2. The normalized spacial score (nSPS) is 13.3. The van der Waals surface area contributed by atoms with Crippen LogP contribution in [0.4, 0.5) is 5.69 Å². The fraction of sp³-hybridized carbons (Fsp3) is 0.235. The van der Waals surface area contributed by atoms with E-state index in [9.17, 15) is 9.90 Å². The summed E-state index contributed by atoms with van der Waals surface area (Å²) in [6, 6.07) is 16.3. The summed E-state index contributed by atoms with van der Waals surface area (Å²) < 4.78 is 5.11. The molecule has 0 heterocycles. The average molecular weight is 285 g/mol. The van der Waals surface area contributed by atoms with E-state index in [2.05, 4.69) is 5.32 Å². The van der Waals surface area contributed by atoms with Gasteiger partial charge in [-0.05, 0) is 36.8 Å². The fourth-order valence-electron chi connectivity index (χ4n) is 2.11. The molecule has 0 fully saturated rings. The lowest BCUT2D eigenvalue weighted by molar-refractivity contribution is -0.125. The zero-order valence-electron chi connectivity index (χ0n) is 12.1. The molecule has 0 amide bonds. The van der Waals surface area contributed by atoms with Gasteiger partial charge in [-0.25, -0.2) is 0 Å². The number of Topliss-reactive ketones (excluding diaryl/α,β-unsaturated/α-hetero) is 1. The number of ether oxygens (including phenoxy) is 1. The molecule has 4 heteroatoms. The van der Waals surface area contributed by atoms with Crippen molar-refractivity contribution in [3.63, 3.8) is 0 Å². The van der Waals surface area contributed by atoms with Gasteiger partial charge in [0.1, 0.15) is 11.9 Å². The number of rotatable bonds is 6. The lowest BCUT2D eigenvalue weighted by Crippen LogP contribution is -2.31. The van der Waals surface area contributed by atoms with Crippen LogP contribution in [-0.4, -0.2) is 24.1 Å². The Hall–Kier alpha value is -2.33. The molecule has 2 aromatic carbocycles. The van der Waals surface area contributed by atoms with E-state index in [0.717, 1.165) is 17.0 Å². The largest absolute Gasteiger partial charge is 0.497 e.